The number of fused-ring (bicyclic) bond motifs is 2. The Morgan fingerprint density at radius 3 is 2.34 bits per heavy atom. The van der Waals surface area contributed by atoms with Crippen LogP contribution in [0.25, 0.3) is 0 Å². The number of phenolic OH excluding ortho intramolecular Hbond substituents is 1. The quantitative estimate of drug-likeness (QED) is 0.260. The third-order valence-electron chi connectivity index (χ3n) is 4.34. The van der Waals surface area contributed by atoms with E-state index in [-0.39, 0.29) is 28.7 Å². The van der Waals surface area contributed by atoms with Gasteiger partial charge in [0.15, 0.2) is 17.8 Å². The van der Waals surface area contributed by atoms with Gasteiger partial charge in [-0.1, -0.05) is 36.8 Å². The summed E-state index contributed by atoms with van der Waals surface area (Å²) in [4.78, 5) is 50.4. The van der Waals surface area contributed by atoms with Crippen molar-refractivity contribution >= 4 is 23.8 Å². The van der Waals surface area contributed by atoms with E-state index < -0.39 is 34.3 Å². The van der Waals surface area contributed by atoms with E-state index in [9.17, 15) is 24.3 Å². The number of ketones is 2. The van der Waals surface area contributed by atoms with Gasteiger partial charge >= 0.3 is 5.97 Å². The molecule has 0 saturated carbocycles. The number of ether oxygens (including phenoxy) is 1. The number of rotatable bonds is 1. The van der Waals surface area contributed by atoms with Gasteiger partial charge in [0.25, 0.3) is 0 Å². The van der Waals surface area contributed by atoms with Crippen molar-refractivity contribution in [1.29, 1.82) is 0 Å². The third kappa shape index (κ3) is 2.79. The molecular formula is C23H14O6. The van der Waals surface area contributed by atoms with Crippen molar-refractivity contribution in [3.8, 4) is 35.2 Å². The van der Waals surface area contributed by atoms with Crippen LogP contribution in [0.3, 0.4) is 0 Å². The molecule has 0 amide bonds. The lowest BCUT2D eigenvalue weighted by atomic mass is 9.74. The van der Waals surface area contributed by atoms with Gasteiger partial charge in [-0.15, -0.1) is 0 Å². The highest BCUT2D eigenvalue weighted by atomic mass is 16.5. The topological polar surface area (TPSA) is 97.7 Å². The summed E-state index contributed by atoms with van der Waals surface area (Å²) in [6, 6.07) is 1.13. The number of hydrogen-bond acceptors (Lipinski definition) is 6. The van der Waals surface area contributed by atoms with Gasteiger partial charge in [0.2, 0.25) is 11.2 Å². The van der Waals surface area contributed by atoms with Gasteiger partial charge in [-0.3, -0.25) is 14.4 Å². The minimum Gasteiger partial charge on any atom is -0.507 e. The zero-order valence-electron chi connectivity index (χ0n) is 15.6. The predicted molar refractivity (Wildman–Crippen MR) is 103 cm³/mol. The Morgan fingerprint density at radius 2 is 1.76 bits per heavy atom. The standard InChI is InChI=1S/C23H14O6/c1-12(2)5-7-14-9-17(25)16(11-24)19-20(14)29-22(28)23(19)18(26)10-15(21(23)27)8-6-13(3)4/h9-11,25H,1,3H2,2,4H3/t23-/m1/s1. The van der Waals surface area contributed by atoms with Crippen LogP contribution in [0.5, 0.6) is 11.5 Å². The summed E-state index contributed by atoms with van der Waals surface area (Å²) >= 11 is 0. The van der Waals surface area contributed by atoms with Crippen LogP contribution in [0.15, 0.2) is 42.0 Å². The van der Waals surface area contributed by atoms with Crippen molar-refractivity contribution in [3.63, 3.8) is 0 Å². The molecule has 6 heteroatoms. The molecule has 3 rings (SSSR count). The molecule has 0 radical (unpaired) electrons. The average molecular weight is 386 g/mol. The second-order valence-corrected chi connectivity index (χ2v) is 6.63. The molecule has 29 heavy (non-hydrogen) atoms. The van der Waals surface area contributed by atoms with Crippen molar-refractivity contribution in [1.82, 2.24) is 0 Å². The first-order valence-electron chi connectivity index (χ1n) is 8.38. The normalized spacial score (nSPS) is 18.8. The minimum atomic E-state index is -2.43. The molecule has 0 fully saturated rings. The number of carbonyl (C=O) groups is 4. The molecule has 1 atom stereocenters. The van der Waals surface area contributed by atoms with Crippen molar-refractivity contribution in [2.75, 3.05) is 0 Å². The fourth-order valence-electron chi connectivity index (χ4n) is 3.12. The lowest BCUT2D eigenvalue weighted by Crippen LogP contribution is -2.45. The zero-order valence-corrected chi connectivity index (χ0v) is 15.6. The largest absolute Gasteiger partial charge is 0.507 e. The minimum absolute atomic E-state index is 0.0402. The molecular weight excluding hydrogens is 372 g/mol. The molecule has 0 aromatic heterocycles. The fraction of sp³-hybridized carbons (Fsp3) is 0.130. The lowest BCUT2D eigenvalue weighted by molar-refractivity contribution is -0.145. The summed E-state index contributed by atoms with van der Waals surface area (Å²) in [5.41, 5.74) is -2.37. The first-order chi connectivity index (χ1) is 13.6. The summed E-state index contributed by atoms with van der Waals surface area (Å²) in [5.74, 6) is 6.68. The van der Waals surface area contributed by atoms with E-state index >= 15 is 0 Å². The smallest absolute Gasteiger partial charge is 0.338 e. The molecule has 1 N–H and O–H groups in total. The average Bonchev–Trinajstić information content (AvgIpc) is 3.08. The zero-order chi connectivity index (χ0) is 21.5. The summed E-state index contributed by atoms with van der Waals surface area (Å²) in [5, 5.41) is 10.3. The SMILES string of the molecule is C=C(C)C#CC1=CC(=O)[C@]2(C(=O)Oc3c(C#CC(=C)C)cc(O)c(C=O)c32)C1=O. The first kappa shape index (κ1) is 19.6. The van der Waals surface area contributed by atoms with E-state index in [1.54, 1.807) is 13.8 Å². The molecule has 0 bridgehead atoms. The number of aldehydes is 1. The Hall–Kier alpha value is -4.16. The van der Waals surface area contributed by atoms with E-state index in [0.717, 1.165) is 12.1 Å². The summed E-state index contributed by atoms with van der Waals surface area (Å²) in [7, 11) is 0. The monoisotopic (exact) mass is 386 g/mol. The van der Waals surface area contributed by atoms with Gasteiger partial charge in [-0.25, -0.2) is 4.79 Å². The van der Waals surface area contributed by atoms with Crippen molar-refractivity contribution in [2.45, 2.75) is 19.3 Å². The van der Waals surface area contributed by atoms with Crippen LogP contribution in [0.4, 0.5) is 0 Å². The molecule has 1 aromatic carbocycles. The number of allylic oxidation sites excluding steroid dienone is 4. The summed E-state index contributed by atoms with van der Waals surface area (Å²) in [6.07, 6.45) is 1.19. The first-order valence-corrected chi connectivity index (χ1v) is 8.38. The number of carbonyl (C=O) groups excluding carboxylic acids is 4. The predicted octanol–water partition coefficient (Wildman–Crippen LogP) is 1.95. The Balaban J connectivity index is 2.34. The van der Waals surface area contributed by atoms with E-state index in [1.807, 2.05) is 0 Å². The summed E-state index contributed by atoms with van der Waals surface area (Å²) in [6.45, 7) is 10.5. The van der Waals surface area contributed by atoms with Crippen LogP contribution in [0.1, 0.15) is 35.3 Å². The van der Waals surface area contributed by atoms with Gasteiger partial charge in [0.05, 0.1) is 16.7 Å². The highest BCUT2D eigenvalue weighted by molar-refractivity contribution is 6.42. The van der Waals surface area contributed by atoms with Crippen LogP contribution in [-0.2, 0) is 19.8 Å². The number of benzene rings is 1. The highest BCUT2D eigenvalue weighted by Crippen LogP contribution is 2.50. The van der Waals surface area contributed by atoms with Gasteiger partial charge in [0.1, 0.15) is 5.75 Å². The van der Waals surface area contributed by atoms with E-state index in [0.29, 0.717) is 11.1 Å². The molecule has 142 valence electrons. The number of phenols is 1. The molecule has 2 aliphatic rings. The van der Waals surface area contributed by atoms with Gasteiger partial charge in [-0.2, -0.15) is 0 Å². The number of esters is 1. The fourth-order valence-corrected chi connectivity index (χ4v) is 3.12. The maximum absolute atomic E-state index is 13.1. The van der Waals surface area contributed by atoms with Crippen molar-refractivity contribution < 1.29 is 29.0 Å². The second kappa shape index (κ2) is 6.78. The molecule has 0 unspecified atom stereocenters. The Morgan fingerprint density at radius 1 is 1.14 bits per heavy atom. The maximum atomic E-state index is 13.1. The van der Waals surface area contributed by atoms with Gasteiger partial charge < -0.3 is 9.84 Å². The third-order valence-corrected chi connectivity index (χ3v) is 4.34. The Bertz CT molecular complexity index is 1220. The number of Topliss-reactive ketones (excluding diaryl/α,β-unsaturated/α-hetero) is 1. The van der Waals surface area contributed by atoms with Crippen LogP contribution in [-0.4, -0.2) is 28.9 Å². The van der Waals surface area contributed by atoms with Crippen LogP contribution >= 0.6 is 0 Å². The Kier molecular flexibility index (Phi) is 4.58. The molecule has 0 saturated heterocycles. The van der Waals surface area contributed by atoms with Crippen molar-refractivity contribution in [3.05, 3.63) is 58.7 Å². The molecule has 1 heterocycles. The molecule has 6 nitrogen and oxygen atoms in total. The summed E-state index contributed by atoms with van der Waals surface area (Å²) < 4.78 is 5.24. The second-order valence-electron chi connectivity index (χ2n) is 6.63. The Labute approximate surface area is 166 Å². The van der Waals surface area contributed by atoms with Crippen LogP contribution in [0.2, 0.25) is 0 Å². The van der Waals surface area contributed by atoms with E-state index in [1.165, 1.54) is 0 Å². The number of aromatic hydroxyl groups is 1. The molecule has 1 aromatic rings. The molecule has 1 spiro atoms. The van der Waals surface area contributed by atoms with Gasteiger partial charge in [0, 0.05) is 17.7 Å². The lowest BCUT2D eigenvalue weighted by Gasteiger charge is -2.18. The van der Waals surface area contributed by atoms with E-state index in [2.05, 4.69) is 36.8 Å². The highest BCUT2D eigenvalue weighted by Gasteiger charge is 2.65. The van der Waals surface area contributed by atoms with Gasteiger partial charge in [-0.05, 0) is 25.0 Å². The molecule has 1 aliphatic heterocycles. The van der Waals surface area contributed by atoms with Crippen molar-refractivity contribution in [2.24, 2.45) is 0 Å². The maximum Gasteiger partial charge on any atom is 0.338 e. The van der Waals surface area contributed by atoms with Crippen LogP contribution in [0, 0.1) is 23.7 Å². The van der Waals surface area contributed by atoms with E-state index in [4.69, 9.17) is 4.74 Å². The number of hydrogen-bond donors (Lipinski definition) is 1. The van der Waals surface area contributed by atoms with Crippen LogP contribution < -0.4 is 4.74 Å². The molecule has 1 aliphatic carbocycles.